The molecule has 0 atom stereocenters. The van der Waals surface area contributed by atoms with Crippen molar-refractivity contribution in [2.75, 3.05) is 13.1 Å². The van der Waals surface area contributed by atoms with Crippen molar-refractivity contribution in [2.24, 2.45) is 0 Å². The Kier molecular flexibility index (Phi) is 3.86. The molecule has 0 radical (unpaired) electrons. The van der Waals surface area contributed by atoms with Gasteiger partial charge in [-0.25, -0.2) is 0 Å². The van der Waals surface area contributed by atoms with Gasteiger partial charge in [0.25, 0.3) is 0 Å². The lowest BCUT2D eigenvalue weighted by Crippen LogP contribution is -2.34. The number of benzene rings is 1. The van der Waals surface area contributed by atoms with Gasteiger partial charge in [-0.15, -0.1) is 16.6 Å². The van der Waals surface area contributed by atoms with E-state index in [0.717, 1.165) is 42.2 Å². The molecule has 0 spiro atoms. The smallest absolute Gasteiger partial charge is 0.147 e. The molecule has 0 amide bonds. The Balaban J connectivity index is 1.79. The molecular formula is C15H15BrN4. The average molecular weight is 331 g/mol. The zero-order valence-electron chi connectivity index (χ0n) is 11.1. The van der Waals surface area contributed by atoms with Crippen LogP contribution in [0, 0.1) is 12.3 Å². The lowest BCUT2D eigenvalue weighted by molar-refractivity contribution is 0.241. The number of fused-ring (bicyclic) bond motifs is 1. The van der Waals surface area contributed by atoms with Crippen LogP contribution in [0.1, 0.15) is 17.2 Å². The molecule has 0 saturated carbocycles. The fourth-order valence-corrected chi connectivity index (χ4v) is 2.94. The Morgan fingerprint density at radius 3 is 3.00 bits per heavy atom. The van der Waals surface area contributed by atoms with Gasteiger partial charge in [0, 0.05) is 24.0 Å². The summed E-state index contributed by atoms with van der Waals surface area (Å²) in [6, 6.07) is 8.30. The van der Waals surface area contributed by atoms with Gasteiger partial charge in [0.1, 0.15) is 11.6 Å². The van der Waals surface area contributed by atoms with Gasteiger partial charge in [0.2, 0.25) is 0 Å². The topological polar surface area (TPSA) is 34.0 Å². The van der Waals surface area contributed by atoms with Crippen LogP contribution in [-0.4, -0.2) is 32.8 Å². The third-order valence-electron chi connectivity index (χ3n) is 3.48. The molecule has 0 aliphatic carbocycles. The number of terminal acetylenes is 1. The van der Waals surface area contributed by atoms with Gasteiger partial charge in [-0.3, -0.25) is 4.90 Å². The van der Waals surface area contributed by atoms with Crippen LogP contribution < -0.4 is 0 Å². The molecule has 3 rings (SSSR count). The summed E-state index contributed by atoms with van der Waals surface area (Å²) in [5.74, 6) is 4.72. The van der Waals surface area contributed by atoms with Crippen molar-refractivity contribution in [3.05, 3.63) is 46.0 Å². The maximum atomic E-state index is 5.36. The lowest BCUT2D eigenvalue weighted by atomic mass is 10.1. The number of rotatable bonds is 3. The summed E-state index contributed by atoms with van der Waals surface area (Å²) in [5.41, 5.74) is 1.24. The molecule has 1 aromatic carbocycles. The largest absolute Gasteiger partial charge is 0.312 e. The molecule has 20 heavy (non-hydrogen) atoms. The van der Waals surface area contributed by atoms with Crippen molar-refractivity contribution in [1.82, 2.24) is 19.7 Å². The first kappa shape index (κ1) is 13.3. The number of halogens is 1. The van der Waals surface area contributed by atoms with Gasteiger partial charge in [0.15, 0.2) is 0 Å². The summed E-state index contributed by atoms with van der Waals surface area (Å²) >= 11 is 3.50. The van der Waals surface area contributed by atoms with E-state index in [1.54, 1.807) is 0 Å². The van der Waals surface area contributed by atoms with Crippen LogP contribution in [0.2, 0.25) is 0 Å². The molecule has 2 aromatic rings. The monoisotopic (exact) mass is 330 g/mol. The maximum Gasteiger partial charge on any atom is 0.147 e. The lowest BCUT2D eigenvalue weighted by Gasteiger charge is -2.25. The van der Waals surface area contributed by atoms with Crippen LogP contribution >= 0.6 is 15.9 Å². The summed E-state index contributed by atoms with van der Waals surface area (Å²) in [7, 11) is 0. The van der Waals surface area contributed by atoms with E-state index in [9.17, 15) is 0 Å². The summed E-state index contributed by atoms with van der Waals surface area (Å²) in [5, 5.41) is 8.64. The third kappa shape index (κ3) is 2.77. The first-order valence-electron chi connectivity index (χ1n) is 6.57. The fourth-order valence-electron chi connectivity index (χ4n) is 2.49. The predicted octanol–water partition coefficient (Wildman–Crippen LogP) is 2.08. The van der Waals surface area contributed by atoms with E-state index in [0.29, 0.717) is 6.54 Å². The molecule has 0 fully saturated rings. The molecule has 0 bridgehead atoms. The minimum atomic E-state index is 0.674. The van der Waals surface area contributed by atoms with Crippen LogP contribution in [-0.2, 0) is 19.5 Å². The quantitative estimate of drug-likeness (QED) is 0.808. The third-order valence-corrected chi connectivity index (χ3v) is 3.97. The molecule has 4 nitrogen and oxygen atoms in total. The van der Waals surface area contributed by atoms with E-state index in [1.165, 1.54) is 5.56 Å². The molecule has 0 N–H and O–H groups in total. The molecular weight excluding hydrogens is 316 g/mol. The number of hydrogen-bond donors (Lipinski definition) is 0. The van der Waals surface area contributed by atoms with E-state index in [4.69, 9.17) is 6.42 Å². The van der Waals surface area contributed by atoms with Gasteiger partial charge < -0.3 is 4.57 Å². The number of nitrogens with zero attached hydrogens (tertiary/aromatic N) is 4. The van der Waals surface area contributed by atoms with Crippen molar-refractivity contribution < 1.29 is 0 Å². The van der Waals surface area contributed by atoms with E-state index < -0.39 is 0 Å². The fraction of sp³-hybridized carbons (Fsp3) is 0.333. The minimum absolute atomic E-state index is 0.674. The zero-order valence-corrected chi connectivity index (χ0v) is 12.7. The van der Waals surface area contributed by atoms with Crippen LogP contribution in [0.25, 0.3) is 0 Å². The molecule has 1 aliphatic rings. The van der Waals surface area contributed by atoms with Gasteiger partial charge in [0.05, 0.1) is 13.1 Å². The molecule has 1 aliphatic heterocycles. The highest BCUT2D eigenvalue weighted by atomic mass is 79.9. The van der Waals surface area contributed by atoms with Crippen molar-refractivity contribution in [1.29, 1.82) is 0 Å². The number of aromatic nitrogens is 3. The predicted molar refractivity (Wildman–Crippen MR) is 81.1 cm³/mol. The second-order valence-corrected chi connectivity index (χ2v) is 5.82. The Hall–Kier alpha value is -1.64. The number of hydrogen-bond acceptors (Lipinski definition) is 3. The Labute approximate surface area is 126 Å². The van der Waals surface area contributed by atoms with E-state index in [-0.39, 0.29) is 0 Å². The maximum absolute atomic E-state index is 5.36. The normalized spacial score (nSPS) is 14.8. The first-order chi connectivity index (χ1) is 9.76. The summed E-state index contributed by atoms with van der Waals surface area (Å²) in [6.07, 6.45) is 6.17. The first-order valence-corrected chi connectivity index (χ1v) is 7.37. The molecule has 1 aromatic heterocycles. The van der Waals surface area contributed by atoms with E-state index in [1.807, 2.05) is 12.1 Å². The molecule has 2 heterocycles. The van der Waals surface area contributed by atoms with Gasteiger partial charge in [-0.05, 0) is 17.7 Å². The highest BCUT2D eigenvalue weighted by molar-refractivity contribution is 9.10. The van der Waals surface area contributed by atoms with Gasteiger partial charge in [-0.2, -0.15) is 0 Å². The Morgan fingerprint density at radius 2 is 2.20 bits per heavy atom. The highest BCUT2D eigenvalue weighted by Crippen LogP contribution is 2.17. The van der Waals surface area contributed by atoms with Crippen molar-refractivity contribution >= 4 is 15.9 Å². The van der Waals surface area contributed by atoms with Crippen LogP contribution in [0.5, 0.6) is 0 Å². The van der Waals surface area contributed by atoms with Crippen molar-refractivity contribution in [3.63, 3.8) is 0 Å². The highest BCUT2D eigenvalue weighted by Gasteiger charge is 2.20. The molecule has 0 unspecified atom stereocenters. The SMILES string of the molecule is C#CCN1CCn2c(Cc3cccc(Br)c3)nnc2C1. The Bertz CT molecular complexity index is 656. The second-order valence-electron chi connectivity index (χ2n) is 4.91. The van der Waals surface area contributed by atoms with E-state index >= 15 is 0 Å². The standard InChI is InChI=1S/C15H15BrN4/c1-2-6-19-7-8-20-14(17-18-15(20)11-19)10-12-4-3-5-13(16)9-12/h1,3-5,9H,6-8,10-11H2. The summed E-state index contributed by atoms with van der Waals surface area (Å²) in [6.45, 7) is 3.33. The van der Waals surface area contributed by atoms with E-state index in [2.05, 4.69) is 53.6 Å². The van der Waals surface area contributed by atoms with Crippen LogP contribution in [0.3, 0.4) is 0 Å². The molecule has 5 heteroatoms. The van der Waals surface area contributed by atoms with Gasteiger partial charge >= 0.3 is 0 Å². The van der Waals surface area contributed by atoms with Crippen LogP contribution in [0.15, 0.2) is 28.7 Å². The van der Waals surface area contributed by atoms with Gasteiger partial charge in [-0.1, -0.05) is 34.0 Å². The zero-order chi connectivity index (χ0) is 13.9. The summed E-state index contributed by atoms with van der Waals surface area (Å²) in [4.78, 5) is 2.22. The van der Waals surface area contributed by atoms with Crippen molar-refractivity contribution in [2.45, 2.75) is 19.5 Å². The summed E-state index contributed by atoms with van der Waals surface area (Å²) < 4.78 is 3.31. The molecule has 0 saturated heterocycles. The minimum Gasteiger partial charge on any atom is -0.312 e. The van der Waals surface area contributed by atoms with Crippen molar-refractivity contribution in [3.8, 4) is 12.3 Å². The molecule has 102 valence electrons. The second kappa shape index (κ2) is 5.78. The Morgan fingerprint density at radius 1 is 1.30 bits per heavy atom. The van der Waals surface area contributed by atoms with Crippen LogP contribution in [0.4, 0.5) is 0 Å². The average Bonchev–Trinajstić information content (AvgIpc) is 2.82.